The largest absolute Gasteiger partial charge is 0.355 e. The van der Waals surface area contributed by atoms with Gasteiger partial charge in [0.05, 0.1) is 16.4 Å². The van der Waals surface area contributed by atoms with Gasteiger partial charge in [-0.05, 0) is 55.0 Å². The van der Waals surface area contributed by atoms with Crippen LogP contribution in [0.15, 0.2) is 35.4 Å². The quantitative estimate of drug-likeness (QED) is 0.611. The monoisotopic (exact) mass is 534 g/mol. The molecule has 1 aromatic heterocycles. The van der Waals surface area contributed by atoms with Crippen molar-refractivity contribution in [2.75, 3.05) is 43.9 Å². The molecule has 36 heavy (non-hydrogen) atoms. The SMILES string of the molecule is CCCC1CNC(=O)[C@H]1c1ccc(C(=O)N2CCN(c3ncc(C)cc3C)CC2)c(S(C)(=O)=O)c1.Cl. The maximum atomic E-state index is 13.4. The first-order chi connectivity index (χ1) is 16.6. The van der Waals surface area contributed by atoms with Crippen LogP contribution in [0.5, 0.6) is 0 Å². The summed E-state index contributed by atoms with van der Waals surface area (Å²) in [7, 11) is -3.68. The van der Waals surface area contributed by atoms with Gasteiger partial charge in [0, 0.05) is 45.2 Å². The number of rotatable bonds is 6. The number of piperazine rings is 1. The van der Waals surface area contributed by atoms with Gasteiger partial charge in [-0.3, -0.25) is 9.59 Å². The number of hydrogen-bond acceptors (Lipinski definition) is 6. The lowest BCUT2D eigenvalue weighted by Crippen LogP contribution is -2.49. The van der Waals surface area contributed by atoms with Crippen molar-refractivity contribution in [2.24, 2.45) is 5.92 Å². The molecule has 1 N–H and O–H groups in total. The summed E-state index contributed by atoms with van der Waals surface area (Å²) in [6, 6.07) is 6.96. The van der Waals surface area contributed by atoms with Crippen LogP contribution in [0.2, 0.25) is 0 Å². The standard InChI is InChI=1S/C26H34N4O4S.ClH/c1-5-6-20-16-28-25(31)23(20)19-7-8-21(22(14-19)35(4,33)34)26(32)30-11-9-29(10-12-30)24-18(3)13-17(2)15-27-24;/h7-8,13-15,20,23H,5-6,9-12,16H2,1-4H3,(H,28,31);1H/t20?,23-;/m0./s1. The number of sulfone groups is 1. The summed E-state index contributed by atoms with van der Waals surface area (Å²) in [6.45, 7) is 8.89. The zero-order valence-corrected chi connectivity index (χ0v) is 22.9. The molecule has 0 saturated carbocycles. The van der Waals surface area contributed by atoms with Crippen molar-refractivity contribution in [1.29, 1.82) is 0 Å². The summed E-state index contributed by atoms with van der Waals surface area (Å²) in [5.41, 5.74) is 3.02. The fourth-order valence-corrected chi connectivity index (χ4v) is 6.19. The highest BCUT2D eigenvalue weighted by Gasteiger charge is 2.36. The topological polar surface area (TPSA) is 99.7 Å². The van der Waals surface area contributed by atoms with Crippen molar-refractivity contribution < 1.29 is 18.0 Å². The molecule has 10 heteroatoms. The van der Waals surface area contributed by atoms with E-state index in [9.17, 15) is 18.0 Å². The lowest BCUT2D eigenvalue weighted by molar-refractivity contribution is -0.120. The number of amides is 2. The number of aryl methyl sites for hydroxylation is 2. The van der Waals surface area contributed by atoms with Gasteiger partial charge >= 0.3 is 0 Å². The molecule has 2 amide bonds. The second kappa shape index (κ2) is 11.2. The normalized spacial score (nSPS) is 20.2. The Bertz CT molecular complexity index is 1240. The molecule has 0 aliphatic carbocycles. The first-order valence-electron chi connectivity index (χ1n) is 12.2. The first-order valence-corrected chi connectivity index (χ1v) is 14.1. The molecule has 0 bridgehead atoms. The highest BCUT2D eigenvalue weighted by molar-refractivity contribution is 7.90. The van der Waals surface area contributed by atoms with Gasteiger partial charge in [-0.15, -0.1) is 12.4 Å². The molecule has 0 radical (unpaired) electrons. The predicted octanol–water partition coefficient (Wildman–Crippen LogP) is 3.12. The van der Waals surface area contributed by atoms with Crippen LogP contribution in [0.3, 0.4) is 0 Å². The van der Waals surface area contributed by atoms with E-state index >= 15 is 0 Å². The van der Waals surface area contributed by atoms with Crippen LogP contribution < -0.4 is 10.2 Å². The summed E-state index contributed by atoms with van der Waals surface area (Å²) in [5.74, 6) is 0.256. The maximum absolute atomic E-state index is 13.4. The van der Waals surface area contributed by atoms with Crippen LogP contribution in [0, 0.1) is 19.8 Å². The van der Waals surface area contributed by atoms with Crippen molar-refractivity contribution in [3.8, 4) is 0 Å². The molecule has 8 nitrogen and oxygen atoms in total. The fraction of sp³-hybridized carbons (Fsp3) is 0.500. The predicted molar refractivity (Wildman–Crippen MR) is 143 cm³/mol. The van der Waals surface area contributed by atoms with Gasteiger partial charge in [-0.1, -0.05) is 25.5 Å². The molecule has 0 spiro atoms. The summed E-state index contributed by atoms with van der Waals surface area (Å²) >= 11 is 0. The van der Waals surface area contributed by atoms with Crippen LogP contribution in [-0.2, 0) is 14.6 Å². The summed E-state index contributed by atoms with van der Waals surface area (Å²) < 4.78 is 25.4. The van der Waals surface area contributed by atoms with Crippen molar-refractivity contribution in [1.82, 2.24) is 15.2 Å². The van der Waals surface area contributed by atoms with E-state index in [4.69, 9.17) is 0 Å². The van der Waals surface area contributed by atoms with E-state index in [2.05, 4.69) is 28.2 Å². The number of nitrogens with one attached hydrogen (secondary N) is 1. The summed E-state index contributed by atoms with van der Waals surface area (Å²) in [4.78, 5) is 34.4. The Kier molecular flexibility index (Phi) is 8.67. The Balaban J connectivity index is 0.00000361. The molecule has 2 aliphatic rings. The van der Waals surface area contributed by atoms with Crippen LogP contribution in [0.25, 0.3) is 0 Å². The number of hydrogen-bond donors (Lipinski definition) is 1. The van der Waals surface area contributed by atoms with E-state index in [-0.39, 0.29) is 40.6 Å². The van der Waals surface area contributed by atoms with Crippen molar-refractivity contribution >= 4 is 39.9 Å². The molecule has 196 valence electrons. The van der Waals surface area contributed by atoms with E-state index in [1.54, 1.807) is 17.0 Å². The number of aromatic nitrogens is 1. The Morgan fingerprint density at radius 1 is 1.14 bits per heavy atom. The van der Waals surface area contributed by atoms with Gasteiger partial charge in [0.1, 0.15) is 5.82 Å². The molecule has 1 aromatic carbocycles. The average Bonchev–Trinajstić information content (AvgIpc) is 3.18. The van der Waals surface area contributed by atoms with Crippen molar-refractivity contribution in [3.05, 3.63) is 52.7 Å². The molecule has 4 rings (SSSR count). The molecule has 3 heterocycles. The number of pyridine rings is 1. The van der Waals surface area contributed by atoms with Gasteiger partial charge in [0.25, 0.3) is 5.91 Å². The van der Waals surface area contributed by atoms with E-state index in [0.29, 0.717) is 38.3 Å². The molecular weight excluding hydrogens is 500 g/mol. The Morgan fingerprint density at radius 2 is 1.83 bits per heavy atom. The lowest BCUT2D eigenvalue weighted by atomic mass is 9.85. The van der Waals surface area contributed by atoms with Crippen molar-refractivity contribution in [3.63, 3.8) is 0 Å². The summed E-state index contributed by atoms with van der Waals surface area (Å²) in [5, 5.41) is 2.90. The van der Waals surface area contributed by atoms with Gasteiger partial charge in [0.15, 0.2) is 9.84 Å². The van der Waals surface area contributed by atoms with Gasteiger partial charge in [-0.2, -0.15) is 0 Å². The van der Waals surface area contributed by atoms with Gasteiger partial charge < -0.3 is 15.1 Å². The third-order valence-corrected chi connectivity index (χ3v) is 8.14. The first kappa shape index (κ1) is 27.9. The minimum atomic E-state index is -3.68. The minimum absolute atomic E-state index is 0. The Labute approximate surface area is 219 Å². The maximum Gasteiger partial charge on any atom is 0.255 e. The van der Waals surface area contributed by atoms with E-state index in [1.807, 2.05) is 20.0 Å². The molecule has 2 fully saturated rings. The molecule has 2 atom stereocenters. The molecule has 2 aromatic rings. The smallest absolute Gasteiger partial charge is 0.255 e. The number of anilines is 1. The second-order valence-electron chi connectivity index (χ2n) is 9.73. The van der Waals surface area contributed by atoms with E-state index < -0.39 is 15.8 Å². The number of benzene rings is 1. The molecule has 2 aliphatic heterocycles. The number of nitrogens with zero attached hydrogens (tertiary/aromatic N) is 3. The third kappa shape index (κ3) is 5.67. The average molecular weight is 535 g/mol. The van der Waals surface area contributed by atoms with E-state index in [1.165, 1.54) is 6.07 Å². The van der Waals surface area contributed by atoms with Gasteiger partial charge in [-0.25, -0.2) is 13.4 Å². The molecule has 2 saturated heterocycles. The van der Waals surface area contributed by atoms with Crippen LogP contribution in [0.4, 0.5) is 5.82 Å². The lowest BCUT2D eigenvalue weighted by Gasteiger charge is -2.36. The highest BCUT2D eigenvalue weighted by Crippen LogP contribution is 2.34. The minimum Gasteiger partial charge on any atom is -0.355 e. The highest BCUT2D eigenvalue weighted by atomic mass is 35.5. The summed E-state index contributed by atoms with van der Waals surface area (Å²) in [6.07, 6.45) is 4.77. The number of carbonyl (C=O) groups excluding carboxylic acids is 2. The zero-order chi connectivity index (χ0) is 25.3. The van der Waals surface area contributed by atoms with Crippen LogP contribution in [0.1, 0.15) is 52.7 Å². The fourth-order valence-electron chi connectivity index (χ4n) is 5.28. The van der Waals surface area contributed by atoms with Crippen LogP contribution in [-0.4, -0.2) is 69.1 Å². The third-order valence-electron chi connectivity index (χ3n) is 7.00. The molecule has 1 unspecified atom stereocenters. The second-order valence-corrected chi connectivity index (χ2v) is 11.7. The zero-order valence-electron chi connectivity index (χ0n) is 21.3. The Hall–Kier alpha value is -2.65. The van der Waals surface area contributed by atoms with Crippen LogP contribution >= 0.6 is 12.4 Å². The molecular formula is C26H35ClN4O4S. The number of halogens is 1. The Morgan fingerprint density at radius 3 is 2.44 bits per heavy atom. The van der Waals surface area contributed by atoms with Crippen molar-refractivity contribution in [2.45, 2.75) is 44.4 Å². The van der Waals surface area contributed by atoms with E-state index in [0.717, 1.165) is 36.0 Å². The number of carbonyl (C=O) groups is 2. The van der Waals surface area contributed by atoms with Gasteiger partial charge in [0.2, 0.25) is 5.91 Å².